The van der Waals surface area contributed by atoms with Gasteiger partial charge in [0.15, 0.2) is 10.7 Å². The lowest BCUT2D eigenvalue weighted by atomic mass is 9.99. The van der Waals surface area contributed by atoms with Crippen molar-refractivity contribution in [1.82, 2.24) is 15.2 Å². The second-order valence-electron chi connectivity index (χ2n) is 5.31. The predicted molar refractivity (Wildman–Crippen MR) is 74.2 cm³/mol. The summed E-state index contributed by atoms with van der Waals surface area (Å²) in [5.74, 6) is -1.35. The number of aromatic nitrogens is 1. The first kappa shape index (κ1) is 13.5. The molecule has 0 aliphatic carbocycles. The molecule has 2 aliphatic heterocycles. The van der Waals surface area contributed by atoms with Crippen LogP contribution in [0.4, 0.5) is 0 Å². The van der Waals surface area contributed by atoms with Gasteiger partial charge in [0.1, 0.15) is 0 Å². The Morgan fingerprint density at radius 1 is 1.35 bits per heavy atom. The molecule has 2 unspecified atom stereocenters. The van der Waals surface area contributed by atoms with Crippen LogP contribution >= 0.6 is 11.3 Å². The van der Waals surface area contributed by atoms with Crippen molar-refractivity contribution < 1.29 is 14.7 Å². The number of amides is 1. The van der Waals surface area contributed by atoms with Gasteiger partial charge in [0.05, 0.1) is 0 Å². The maximum atomic E-state index is 12.1. The summed E-state index contributed by atoms with van der Waals surface area (Å²) in [5, 5.41) is 13.5. The summed E-state index contributed by atoms with van der Waals surface area (Å²) in [7, 11) is 0. The number of carbonyl (C=O) groups is 2. The minimum absolute atomic E-state index is 0.0640. The number of nitrogens with zero attached hydrogens (tertiary/aromatic N) is 2. The lowest BCUT2D eigenvalue weighted by Crippen LogP contribution is -2.46. The number of aromatic carboxylic acids is 1. The van der Waals surface area contributed by atoms with Crippen LogP contribution < -0.4 is 5.32 Å². The van der Waals surface area contributed by atoms with Crippen molar-refractivity contribution >= 4 is 23.2 Å². The fourth-order valence-corrected chi connectivity index (χ4v) is 3.82. The van der Waals surface area contributed by atoms with E-state index in [-0.39, 0.29) is 22.7 Å². The first-order chi connectivity index (χ1) is 9.65. The minimum atomic E-state index is -1.10. The average molecular weight is 295 g/mol. The largest absolute Gasteiger partial charge is 0.476 e. The molecule has 2 aliphatic rings. The summed E-state index contributed by atoms with van der Waals surface area (Å²) in [6.45, 7) is 2.16. The van der Waals surface area contributed by atoms with Gasteiger partial charge in [-0.1, -0.05) is 6.42 Å². The maximum Gasteiger partial charge on any atom is 0.355 e. The number of nitrogens with one attached hydrogen (secondary N) is 1. The van der Waals surface area contributed by atoms with Crippen molar-refractivity contribution in [2.24, 2.45) is 0 Å². The highest BCUT2D eigenvalue weighted by atomic mass is 32.1. The third-order valence-electron chi connectivity index (χ3n) is 4.09. The molecule has 0 saturated carbocycles. The molecule has 2 atom stereocenters. The normalized spacial score (nSPS) is 26.2. The quantitative estimate of drug-likeness (QED) is 0.875. The number of hydrogen-bond acceptors (Lipinski definition) is 5. The SMILES string of the molecule is O=C(O)c1csc(C(=O)NC2CCN3CCCCC23)n1. The predicted octanol–water partition coefficient (Wildman–Crippen LogP) is 1.20. The molecule has 1 aromatic rings. The van der Waals surface area contributed by atoms with Gasteiger partial charge in [0, 0.05) is 24.0 Å². The Bertz CT molecular complexity index is 531. The Balaban J connectivity index is 1.65. The molecule has 108 valence electrons. The van der Waals surface area contributed by atoms with Gasteiger partial charge in [-0.05, 0) is 25.8 Å². The molecule has 2 N–H and O–H groups in total. The molecule has 0 bridgehead atoms. The molecule has 6 nitrogen and oxygen atoms in total. The zero-order valence-corrected chi connectivity index (χ0v) is 11.9. The van der Waals surface area contributed by atoms with E-state index in [9.17, 15) is 9.59 Å². The second kappa shape index (κ2) is 5.49. The molecular formula is C13H17N3O3S. The summed E-state index contributed by atoms with van der Waals surface area (Å²) in [6.07, 6.45) is 4.55. The summed E-state index contributed by atoms with van der Waals surface area (Å²) in [4.78, 5) is 29.2. The van der Waals surface area contributed by atoms with Gasteiger partial charge in [-0.3, -0.25) is 9.69 Å². The minimum Gasteiger partial charge on any atom is -0.476 e. The molecule has 1 aromatic heterocycles. The number of carbonyl (C=O) groups excluding carboxylic acids is 1. The van der Waals surface area contributed by atoms with E-state index >= 15 is 0 Å². The van der Waals surface area contributed by atoms with Crippen molar-refractivity contribution in [2.45, 2.75) is 37.8 Å². The van der Waals surface area contributed by atoms with E-state index in [0.29, 0.717) is 6.04 Å². The average Bonchev–Trinajstić information content (AvgIpc) is 3.06. The standard InChI is InChI=1S/C13H17N3O3S/c17-11(12-15-9(7-20-12)13(18)19)14-8-4-6-16-5-2-1-3-10(8)16/h7-8,10H,1-6H2,(H,14,17)(H,18,19). The smallest absolute Gasteiger partial charge is 0.355 e. The molecule has 3 heterocycles. The van der Waals surface area contributed by atoms with Crippen LogP contribution in [0.2, 0.25) is 0 Å². The lowest BCUT2D eigenvalue weighted by molar-refractivity contribution is 0.0691. The van der Waals surface area contributed by atoms with E-state index < -0.39 is 5.97 Å². The summed E-state index contributed by atoms with van der Waals surface area (Å²) >= 11 is 1.08. The Labute approximate surface area is 120 Å². The van der Waals surface area contributed by atoms with Crippen LogP contribution in [0.3, 0.4) is 0 Å². The van der Waals surface area contributed by atoms with E-state index in [2.05, 4.69) is 15.2 Å². The molecule has 3 rings (SSSR count). The van der Waals surface area contributed by atoms with E-state index in [4.69, 9.17) is 5.11 Å². The number of fused-ring (bicyclic) bond motifs is 1. The van der Waals surface area contributed by atoms with Gasteiger partial charge in [0.2, 0.25) is 0 Å². The van der Waals surface area contributed by atoms with Gasteiger partial charge in [0.25, 0.3) is 5.91 Å². The van der Waals surface area contributed by atoms with Gasteiger partial charge in [-0.2, -0.15) is 0 Å². The van der Waals surface area contributed by atoms with Gasteiger partial charge < -0.3 is 10.4 Å². The van der Waals surface area contributed by atoms with Crippen molar-refractivity contribution in [1.29, 1.82) is 0 Å². The molecule has 20 heavy (non-hydrogen) atoms. The first-order valence-corrected chi connectivity index (χ1v) is 7.77. The third kappa shape index (κ3) is 2.55. The Morgan fingerprint density at radius 3 is 2.95 bits per heavy atom. The van der Waals surface area contributed by atoms with Crippen LogP contribution in [0.1, 0.15) is 46.0 Å². The Kier molecular flexibility index (Phi) is 3.71. The molecule has 1 amide bonds. The molecular weight excluding hydrogens is 278 g/mol. The van der Waals surface area contributed by atoms with Gasteiger partial charge >= 0.3 is 5.97 Å². The Hall–Kier alpha value is -1.47. The number of hydrogen-bond donors (Lipinski definition) is 2. The van der Waals surface area contributed by atoms with Crippen LogP contribution in [-0.4, -0.2) is 52.0 Å². The zero-order chi connectivity index (χ0) is 14.1. The van der Waals surface area contributed by atoms with Crippen molar-refractivity contribution in [2.75, 3.05) is 13.1 Å². The molecule has 7 heteroatoms. The fourth-order valence-electron chi connectivity index (χ4n) is 3.12. The van der Waals surface area contributed by atoms with E-state index in [1.807, 2.05) is 0 Å². The highest BCUT2D eigenvalue weighted by molar-refractivity contribution is 7.11. The molecule has 0 aromatic carbocycles. The summed E-state index contributed by atoms with van der Waals surface area (Å²) in [6, 6.07) is 0.603. The zero-order valence-electron chi connectivity index (χ0n) is 11.0. The Morgan fingerprint density at radius 2 is 2.20 bits per heavy atom. The second-order valence-corrected chi connectivity index (χ2v) is 6.17. The molecule has 0 spiro atoms. The van der Waals surface area contributed by atoms with Crippen LogP contribution in [0.25, 0.3) is 0 Å². The van der Waals surface area contributed by atoms with Crippen molar-refractivity contribution in [3.8, 4) is 0 Å². The van der Waals surface area contributed by atoms with Crippen molar-refractivity contribution in [3.05, 3.63) is 16.1 Å². The molecule has 2 fully saturated rings. The number of carboxylic acid groups (broad SMARTS) is 1. The van der Waals surface area contributed by atoms with E-state index in [1.54, 1.807) is 0 Å². The van der Waals surface area contributed by atoms with Crippen molar-refractivity contribution in [3.63, 3.8) is 0 Å². The van der Waals surface area contributed by atoms with Gasteiger partial charge in [-0.15, -0.1) is 11.3 Å². The summed E-state index contributed by atoms with van der Waals surface area (Å²) in [5.41, 5.74) is -0.0640. The highest BCUT2D eigenvalue weighted by Gasteiger charge is 2.36. The number of thiazole rings is 1. The topological polar surface area (TPSA) is 82.5 Å². The maximum absolute atomic E-state index is 12.1. The number of carboxylic acids is 1. The number of piperidine rings is 1. The molecule has 0 radical (unpaired) electrons. The van der Waals surface area contributed by atoms with Gasteiger partial charge in [-0.25, -0.2) is 9.78 Å². The summed E-state index contributed by atoms with van der Waals surface area (Å²) < 4.78 is 0. The van der Waals surface area contributed by atoms with E-state index in [0.717, 1.165) is 37.3 Å². The van der Waals surface area contributed by atoms with Crippen LogP contribution in [-0.2, 0) is 0 Å². The highest BCUT2D eigenvalue weighted by Crippen LogP contribution is 2.27. The number of rotatable bonds is 3. The lowest BCUT2D eigenvalue weighted by Gasteiger charge is -2.32. The third-order valence-corrected chi connectivity index (χ3v) is 4.93. The van der Waals surface area contributed by atoms with Crippen LogP contribution in [0.15, 0.2) is 5.38 Å². The van der Waals surface area contributed by atoms with E-state index in [1.165, 1.54) is 18.2 Å². The monoisotopic (exact) mass is 295 g/mol. The van der Waals surface area contributed by atoms with Crippen LogP contribution in [0.5, 0.6) is 0 Å². The van der Waals surface area contributed by atoms with Crippen LogP contribution in [0, 0.1) is 0 Å². The first-order valence-electron chi connectivity index (χ1n) is 6.89. The molecule has 2 saturated heterocycles. The fraction of sp³-hybridized carbons (Fsp3) is 0.615.